The third-order valence-electron chi connectivity index (χ3n) is 6.13. The normalized spacial score (nSPS) is 16.0. The Labute approximate surface area is 195 Å². The highest BCUT2D eigenvalue weighted by atomic mass is 32.2. The molecule has 2 heterocycles. The Morgan fingerprint density at radius 2 is 1.79 bits per heavy atom. The van der Waals surface area contributed by atoms with Crippen LogP contribution in [0.5, 0.6) is 0 Å². The van der Waals surface area contributed by atoms with E-state index in [4.69, 9.17) is 0 Å². The van der Waals surface area contributed by atoms with Crippen molar-refractivity contribution in [3.05, 3.63) is 66.9 Å². The van der Waals surface area contributed by atoms with Crippen molar-refractivity contribution in [2.24, 2.45) is 5.92 Å². The van der Waals surface area contributed by atoms with Crippen LogP contribution >= 0.6 is 0 Å². The van der Waals surface area contributed by atoms with Crippen LogP contribution in [-0.2, 0) is 14.8 Å². The maximum atomic E-state index is 13.3. The lowest BCUT2D eigenvalue weighted by Gasteiger charge is -2.33. The molecule has 3 aromatic rings. The van der Waals surface area contributed by atoms with Crippen LogP contribution in [0.25, 0.3) is 10.8 Å². The first kappa shape index (κ1) is 23.2. The Balaban J connectivity index is 1.52. The quantitative estimate of drug-likeness (QED) is 0.529. The van der Waals surface area contributed by atoms with Gasteiger partial charge in [0, 0.05) is 25.8 Å². The number of carbonyl (C=O) groups is 1. The van der Waals surface area contributed by atoms with Gasteiger partial charge in [-0.2, -0.15) is 4.72 Å². The average molecular weight is 467 g/mol. The van der Waals surface area contributed by atoms with Crippen LogP contribution in [0.4, 0.5) is 5.82 Å². The third-order valence-corrected chi connectivity index (χ3v) is 7.60. The zero-order valence-electron chi connectivity index (χ0n) is 18.8. The molecule has 2 aromatic carbocycles. The van der Waals surface area contributed by atoms with Crippen molar-refractivity contribution < 1.29 is 13.2 Å². The molecule has 1 fully saturated rings. The standard InChI is InChI=1S/C25H30N4O3S/c1-19-12-16-29(17-13-19)25(30)23(11-15-27-24-8-4-5-14-26-24)28-33(31,32)22-10-9-20-6-2-3-7-21(20)18-22/h2-10,14,18-19,23,28H,11-13,15-17H2,1H3,(H,26,27)/t23-/m0/s1. The molecule has 7 nitrogen and oxygen atoms in total. The highest BCUT2D eigenvalue weighted by molar-refractivity contribution is 7.89. The molecule has 0 saturated carbocycles. The number of likely N-dealkylation sites (tertiary alicyclic amines) is 1. The number of pyridine rings is 1. The van der Waals surface area contributed by atoms with Gasteiger partial charge in [0.05, 0.1) is 4.90 Å². The van der Waals surface area contributed by atoms with Crippen LogP contribution < -0.4 is 10.0 Å². The number of fused-ring (bicyclic) bond motifs is 1. The molecule has 1 saturated heterocycles. The van der Waals surface area contributed by atoms with Crippen molar-refractivity contribution in [3.8, 4) is 0 Å². The van der Waals surface area contributed by atoms with Gasteiger partial charge in [-0.3, -0.25) is 4.79 Å². The van der Waals surface area contributed by atoms with Gasteiger partial charge in [-0.05, 0) is 60.2 Å². The fourth-order valence-electron chi connectivity index (χ4n) is 4.08. The summed E-state index contributed by atoms with van der Waals surface area (Å²) in [5, 5.41) is 4.98. The molecule has 1 atom stereocenters. The number of rotatable bonds is 8. The van der Waals surface area contributed by atoms with E-state index >= 15 is 0 Å². The number of sulfonamides is 1. The summed E-state index contributed by atoms with van der Waals surface area (Å²) in [6.45, 7) is 3.90. The van der Waals surface area contributed by atoms with Crippen LogP contribution in [0.3, 0.4) is 0 Å². The Morgan fingerprint density at radius 1 is 1.06 bits per heavy atom. The molecule has 0 bridgehead atoms. The number of benzene rings is 2. The van der Waals surface area contributed by atoms with Crippen LogP contribution in [-0.4, -0.2) is 49.9 Å². The number of piperidine rings is 1. The number of nitrogens with one attached hydrogen (secondary N) is 2. The number of aromatic nitrogens is 1. The maximum absolute atomic E-state index is 13.3. The molecular formula is C25H30N4O3S. The average Bonchev–Trinajstić information content (AvgIpc) is 2.84. The maximum Gasteiger partial charge on any atom is 0.241 e. The lowest BCUT2D eigenvalue weighted by Crippen LogP contribution is -2.51. The first-order valence-electron chi connectivity index (χ1n) is 11.4. The SMILES string of the molecule is CC1CCN(C(=O)[C@H](CCNc2ccccn2)NS(=O)(=O)c2ccc3ccccc3c2)CC1. The van der Waals surface area contributed by atoms with Gasteiger partial charge >= 0.3 is 0 Å². The molecule has 1 aromatic heterocycles. The predicted molar refractivity (Wildman–Crippen MR) is 130 cm³/mol. The summed E-state index contributed by atoms with van der Waals surface area (Å²) in [7, 11) is -3.88. The predicted octanol–water partition coefficient (Wildman–Crippen LogP) is 3.64. The topological polar surface area (TPSA) is 91.4 Å². The lowest BCUT2D eigenvalue weighted by molar-refractivity contribution is -0.134. The second-order valence-electron chi connectivity index (χ2n) is 8.62. The van der Waals surface area contributed by atoms with Gasteiger partial charge in [-0.25, -0.2) is 13.4 Å². The van der Waals surface area contributed by atoms with E-state index in [-0.39, 0.29) is 10.8 Å². The van der Waals surface area contributed by atoms with E-state index < -0.39 is 16.1 Å². The summed E-state index contributed by atoms with van der Waals surface area (Å²) in [6.07, 6.45) is 3.86. The van der Waals surface area contributed by atoms with Crippen molar-refractivity contribution in [2.75, 3.05) is 25.0 Å². The second-order valence-corrected chi connectivity index (χ2v) is 10.3. The molecule has 1 aliphatic rings. The molecule has 2 N–H and O–H groups in total. The van der Waals surface area contributed by atoms with Gasteiger partial charge in [-0.15, -0.1) is 0 Å². The number of hydrogen-bond acceptors (Lipinski definition) is 5. The zero-order valence-corrected chi connectivity index (χ0v) is 19.6. The number of anilines is 1. The summed E-state index contributed by atoms with van der Waals surface area (Å²) in [5.74, 6) is 1.09. The summed E-state index contributed by atoms with van der Waals surface area (Å²) in [6, 6.07) is 17.3. The Bertz CT molecular complexity index is 1190. The number of amides is 1. The summed E-state index contributed by atoms with van der Waals surface area (Å²) >= 11 is 0. The largest absolute Gasteiger partial charge is 0.370 e. The summed E-state index contributed by atoms with van der Waals surface area (Å²) in [5.41, 5.74) is 0. The van der Waals surface area contributed by atoms with E-state index in [9.17, 15) is 13.2 Å². The van der Waals surface area contributed by atoms with E-state index in [2.05, 4.69) is 21.9 Å². The fraction of sp³-hybridized carbons (Fsp3) is 0.360. The summed E-state index contributed by atoms with van der Waals surface area (Å²) in [4.78, 5) is 19.5. The third kappa shape index (κ3) is 5.89. The van der Waals surface area contributed by atoms with Crippen molar-refractivity contribution in [1.82, 2.24) is 14.6 Å². The fourth-order valence-corrected chi connectivity index (χ4v) is 5.34. The van der Waals surface area contributed by atoms with E-state index in [0.29, 0.717) is 37.8 Å². The minimum absolute atomic E-state index is 0.156. The van der Waals surface area contributed by atoms with Crippen LogP contribution in [0.1, 0.15) is 26.2 Å². The molecule has 1 aliphatic heterocycles. The van der Waals surface area contributed by atoms with Gasteiger partial charge in [0.25, 0.3) is 0 Å². The van der Waals surface area contributed by atoms with Crippen LogP contribution in [0.2, 0.25) is 0 Å². The molecule has 174 valence electrons. The monoisotopic (exact) mass is 466 g/mol. The molecule has 4 rings (SSSR count). The highest BCUT2D eigenvalue weighted by Gasteiger charge is 2.30. The van der Waals surface area contributed by atoms with Gasteiger partial charge in [0.15, 0.2) is 0 Å². The van der Waals surface area contributed by atoms with Crippen LogP contribution in [0, 0.1) is 5.92 Å². The number of nitrogens with zero attached hydrogens (tertiary/aromatic N) is 2. The molecule has 0 radical (unpaired) electrons. The van der Waals surface area contributed by atoms with Crippen LogP contribution in [0.15, 0.2) is 71.8 Å². The Hall–Kier alpha value is -2.97. The number of carbonyl (C=O) groups excluding carboxylic acids is 1. The molecule has 0 aliphatic carbocycles. The Morgan fingerprint density at radius 3 is 2.52 bits per heavy atom. The van der Waals surface area contributed by atoms with E-state index in [0.717, 1.165) is 23.6 Å². The molecular weight excluding hydrogens is 436 g/mol. The lowest BCUT2D eigenvalue weighted by atomic mass is 9.98. The second kappa shape index (κ2) is 10.3. The minimum atomic E-state index is -3.88. The van der Waals surface area contributed by atoms with Crippen molar-refractivity contribution in [1.29, 1.82) is 0 Å². The zero-order chi connectivity index (χ0) is 23.3. The molecule has 1 amide bonds. The van der Waals surface area contributed by atoms with E-state index in [1.54, 1.807) is 29.3 Å². The molecule has 0 spiro atoms. The van der Waals surface area contributed by atoms with Crippen molar-refractivity contribution in [2.45, 2.75) is 37.1 Å². The molecule has 8 heteroatoms. The van der Waals surface area contributed by atoms with Crippen molar-refractivity contribution >= 4 is 32.5 Å². The number of hydrogen-bond donors (Lipinski definition) is 2. The molecule has 0 unspecified atom stereocenters. The van der Waals surface area contributed by atoms with Crippen molar-refractivity contribution in [3.63, 3.8) is 0 Å². The van der Waals surface area contributed by atoms with Gasteiger partial charge in [-0.1, -0.05) is 43.3 Å². The van der Waals surface area contributed by atoms with Gasteiger partial charge in [0.1, 0.15) is 11.9 Å². The highest BCUT2D eigenvalue weighted by Crippen LogP contribution is 2.21. The molecule has 33 heavy (non-hydrogen) atoms. The van der Waals surface area contributed by atoms with Gasteiger partial charge in [0.2, 0.25) is 15.9 Å². The van der Waals surface area contributed by atoms with E-state index in [1.165, 1.54) is 0 Å². The first-order chi connectivity index (χ1) is 15.9. The van der Waals surface area contributed by atoms with Gasteiger partial charge < -0.3 is 10.2 Å². The summed E-state index contributed by atoms with van der Waals surface area (Å²) < 4.78 is 29.2. The van der Waals surface area contributed by atoms with E-state index in [1.807, 2.05) is 42.5 Å². The minimum Gasteiger partial charge on any atom is -0.370 e. The smallest absolute Gasteiger partial charge is 0.241 e. The first-order valence-corrected chi connectivity index (χ1v) is 12.9. The Kier molecular flexibility index (Phi) is 7.25.